The van der Waals surface area contributed by atoms with Crippen molar-refractivity contribution < 1.29 is 5.11 Å². The summed E-state index contributed by atoms with van der Waals surface area (Å²) >= 11 is 0. The van der Waals surface area contributed by atoms with Gasteiger partial charge in [0.25, 0.3) is 0 Å². The fourth-order valence-corrected chi connectivity index (χ4v) is 1.59. The van der Waals surface area contributed by atoms with Crippen LogP contribution in [0, 0.1) is 0 Å². The third-order valence-corrected chi connectivity index (χ3v) is 2.35. The van der Waals surface area contributed by atoms with E-state index < -0.39 is 0 Å². The van der Waals surface area contributed by atoms with Gasteiger partial charge in [-0.15, -0.1) is 0 Å². The minimum absolute atomic E-state index is 0.185. The molecule has 0 bridgehead atoms. The third kappa shape index (κ3) is 2.34. The lowest BCUT2D eigenvalue weighted by Gasteiger charge is -2.04. The summed E-state index contributed by atoms with van der Waals surface area (Å²) in [6.07, 6.45) is 1.85. The lowest BCUT2D eigenvalue weighted by molar-refractivity contribution is 0.291. The standard InChI is InChI=1S/C11H15N3O/c15-8-6-12-5-7-14-9-13-10-3-1-2-4-11(10)14/h1-4,9,12,15H,5-8H2. The first kappa shape index (κ1) is 10.1. The molecule has 2 N–H and O–H groups in total. The zero-order valence-corrected chi connectivity index (χ0v) is 8.56. The van der Waals surface area contributed by atoms with Gasteiger partial charge in [0.15, 0.2) is 0 Å². The van der Waals surface area contributed by atoms with Gasteiger partial charge in [0.05, 0.1) is 24.0 Å². The molecule has 0 unspecified atom stereocenters. The summed E-state index contributed by atoms with van der Waals surface area (Å²) in [6.45, 7) is 2.55. The molecular weight excluding hydrogens is 190 g/mol. The Kier molecular flexibility index (Phi) is 3.32. The molecule has 2 aromatic rings. The lowest BCUT2D eigenvalue weighted by atomic mass is 10.3. The van der Waals surface area contributed by atoms with Gasteiger partial charge >= 0.3 is 0 Å². The first-order valence-electron chi connectivity index (χ1n) is 5.13. The number of rotatable bonds is 5. The normalized spacial score (nSPS) is 11.0. The van der Waals surface area contributed by atoms with Crippen molar-refractivity contribution in [3.63, 3.8) is 0 Å². The SMILES string of the molecule is OCCNCCn1cnc2ccccc21. The highest BCUT2D eigenvalue weighted by Crippen LogP contribution is 2.10. The highest BCUT2D eigenvalue weighted by Gasteiger charge is 1.99. The largest absolute Gasteiger partial charge is 0.395 e. The molecule has 0 saturated heterocycles. The maximum atomic E-state index is 8.61. The Morgan fingerprint density at radius 2 is 2.13 bits per heavy atom. The zero-order chi connectivity index (χ0) is 10.5. The topological polar surface area (TPSA) is 50.1 Å². The van der Waals surface area contributed by atoms with Crippen molar-refractivity contribution >= 4 is 11.0 Å². The molecule has 0 fully saturated rings. The maximum absolute atomic E-state index is 8.61. The smallest absolute Gasteiger partial charge is 0.0958 e. The van der Waals surface area contributed by atoms with E-state index in [-0.39, 0.29) is 6.61 Å². The molecule has 0 aliphatic rings. The molecule has 2 rings (SSSR count). The maximum Gasteiger partial charge on any atom is 0.0958 e. The lowest BCUT2D eigenvalue weighted by Crippen LogP contribution is -2.22. The van der Waals surface area contributed by atoms with Gasteiger partial charge in [-0.3, -0.25) is 0 Å². The molecular formula is C11H15N3O. The Bertz CT molecular complexity index is 424. The van der Waals surface area contributed by atoms with Gasteiger partial charge in [0.1, 0.15) is 0 Å². The van der Waals surface area contributed by atoms with E-state index in [1.54, 1.807) is 0 Å². The van der Waals surface area contributed by atoms with Gasteiger partial charge in [-0.1, -0.05) is 12.1 Å². The number of hydrogen-bond donors (Lipinski definition) is 2. The number of aliphatic hydroxyl groups excluding tert-OH is 1. The van der Waals surface area contributed by atoms with Crippen LogP contribution in [0.4, 0.5) is 0 Å². The van der Waals surface area contributed by atoms with Gasteiger partial charge < -0.3 is 15.0 Å². The second-order valence-electron chi connectivity index (χ2n) is 3.40. The van der Waals surface area contributed by atoms with Gasteiger partial charge in [0, 0.05) is 19.6 Å². The first-order chi connectivity index (χ1) is 7.42. The summed E-state index contributed by atoms with van der Waals surface area (Å²) < 4.78 is 2.11. The number of aliphatic hydroxyl groups is 1. The summed E-state index contributed by atoms with van der Waals surface area (Å²) in [7, 11) is 0. The van der Waals surface area contributed by atoms with Crippen molar-refractivity contribution in [2.24, 2.45) is 0 Å². The van der Waals surface area contributed by atoms with Crippen LogP contribution in [0.15, 0.2) is 30.6 Å². The minimum Gasteiger partial charge on any atom is -0.395 e. The molecule has 0 radical (unpaired) electrons. The van der Waals surface area contributed by atoms with E-state index in [0.717, 1.165) is 24.1 Å². The van der Waals surface area contributed by atoms with E-state index in [1.165, 1.54) is 0 Å². The summed E-state index contributed by atoms with van der Waals surface area (Å²) in [4.78, 5) is 4.30. The molecule has 15 heavy (non-hydrogen) atoms. The van der Waals surface area contributed by atoms with Crippen molar-refractivity contribution in [1.82, 2.24) is 14.9 Å². The average molecular weight is 205 g/mol. The molecule has 1 aromatic carbocycles. The average Bonchev–Trinajstić information content (AvgIpc) is 2.68. The van der Waals surface area contributed by atoms with Crippen LogP contribution in [0.2, 0.25) is 0 Å². The molecule has 0 aliphatic carbocycles. The Labute approximate surface area is 88.6 Å². The predicted octanol–water partition coefficient (Wildman–Crippen LogP) is 0.618. The Morgan fingerprint density at radius 1 is 1.27 bits per heavy atom. The third-order valence-electron chi connectivity index (χ3n) is 2.35. The van der Waals surface area contributed by atoms with Crippen molar-refractivity contribution in [3.8, 4) is 0 Å². The number of aromatic nitrogens is 2. The number of nitrogens with one attached hydrogen (secondary N) is 1. The Morgan fingerprint density at radius 3 is 3.00 bits per heavy atom. The molecule has 0 amide bonds. The summed E-state index contributed by atoms with van der Waals surface area (Å²) in [6, 6.07) is 8.08. The predicted molar refractivity (Wildman–Crippen MR) is 59.7 cm³/mol. The number of benzene rings is 1. The summed E-state index contributed by atoms with van der Waals surface area (Å²) in [5.74, 6) is 0. The molecule has 0 aliphatic heterocycles. The molecule has 1 aromatic heterocycles. The molecule has 0 atom stereocenters. The zero-order valence-electron chi connectivity index (χ0n) is 8.56. The monoisotopic (exact) mass is 205 g/mol. The molecule has 80 valence electrons. The van der Waals surface area contributed by atoms with Crippen molar-refractivity contribution in [1.29, 1.82) is 0 Å². The molecule has 4 heteroatoms. The van der Waals surface area contributed by atoms with Crippen molar-refractivity contribution in [3.05, 3.63) is 30.6 Å². The highest BCUT2D eigenvalue weighted by atomic mass is 16.3. The van der Waals surface area contributed by atoms with Crippen LogP contribution >= 0.6 is 0 Å². The van der Waals surface area contributed by atoms with Crippen LogP contribution in [0.3, 0.4) is 0 Å². The first-order valence-corrected chi connectivity index (χ1v) is 5.13. The molecule has 4 nitrogen and oxygen atoms in total. The number of imidazole rings is 1. The summed E-state index contributed by atoms with van der Waals surface area (Å²) in [5.41, 5.74) is 2.18. The highest BCUT2D eigenvalue weighted by molar-refractivity contribution is 5.74. The van der Waals surface area contributed by atoms with Gasteiger partial charge in [-0.2, -0.15) is 0 Å². The van der Waals surface area contributed by atoms with Crippen molar-refractivity contribution in [2.75, 3.05) is 19.7 Å². The van der Waals surface area contributed by atoms with E-state index in [9.17, 15) is 0 Å². The quantitative estimate of drug-likeness (QED) is 0.703. The Hall–Kier alpha value is -1.39. The second-order valence-corrected chi connectivity index (χ2v) is 3.40. The van der Waals surface area contributed by atoms with E-state index in [1.807, 2.05) is 24.5 Å². The fraction of sp³-hybridized carbons (Fsp3) is 0.364. The van der Waals surface area contributed by atoms with Gasteiger partial charge in [-0.05, 0) is 12.1 Å². The second kappa shape index (κ2) is 4.91. The van der Waals surface area contributed by atoms with Crippen LogP contribution < -0.4 is 5.32 Å². The number of fused-ring (bicyclic) bond motifs is 1. The minimum atomic E-state index is 0.185. The summed E-state index contributed by atoms with van der Waals surface area (Å²) in [5, 5.41) is 11.8. The van der Waals surface area contributed by atoms with E-state index in [4.69, 9.17) is 5.11 Å². The van der Waals surface area contributed by atoms with Gasteiger partial charge in [0.2, 0.25) is 0 Å². The van der Waals surface area contributed by atoms with E-state index in [2.05, 4.69) is 20.9 Å². The number of para-hydroxylation sites is 2. The fourth-order valence-electron chi connectivity index (χ4n) is 1.59. The van der Waals surface area contributed by atoms with Crippen LogP contribution in [0.25, 0.3) is 11.0 Å². The van der Waals surface area contributed by atoms with Crippen LogP contribution in [-0.4, -0.2) is 34.4 Å². The van der Waals surface area contributed by atoms with Crippen molar-refractivity contribution in [2.45, 2.75) is 6.54 Å². The van der Waals surface area contributed by atoms with E-state index in [0.29, 0.717) is 6.54 Å². The van der Waals surface area contributed by atoms with Crippen LogP contribution in [0.1, 0.15) is 0 Å². The molecule has 0 spiro atoms. The number of nitrogens with zero attached hydrogens (tertiary/aromatic N) is 2. The van der Waals surface area contributed by atoms with Gasteiger partial charge in [-0.25, -0.2) is 4.98 Å². The number of hydrogen-bond acceptors (Lipinski definition) is 3. The molecule has 0 saturated carbocycles. The molecule has 1 heterocycles. The van der Waals surface area contributed by atoms with Crippen LogP contribution in [-0.2, 0) is 6.54 Å². The van der Waals surface area contributed by atoms with E-state index >= 15 is 0 Å². The Balaban J connectivity index is 2.02. The van der Waals surface area contributed by atoms with Crippen LogP contribution in [0.5, 0.6) is 0 Å².